The minimum atomic E-state index is -0.653. The van der Waals surface area contributed by atoms with E-state index in [1.807, 2.05) is 60.7 Å². The van der Waals surface area contributed by atoms with Crippen molar-refractivity contribution in [3.05, 3.63) is 92.0 Å². The molecule has 0 saturated heterocycles. The second-order valence-electron chi connectivity index (χ2n) is 5.57. The summed E-state index contributed by atoms with van der Waals surface area (Å²) in [6, 6.07) is 15.8. The van der Waals surface area contributed by atoms with Gasteiger partial charge in [0, 0.05) is 20.5 Å². The molecule has 0 N–H and O–H groups in total. The van der Waals surface area contributed by atoms with Gasteiger partial charge in [0.1, 0.15) is 17.8 Å². The van der Waals surface area contributed by atoms with Crippen LogP contribution < -0.4 is 4.74 Å². The molecule has 2 aromatic rings. The van der Waals surface area contributed by atoms with Gasteiger partial charge in [-0.3, -0.25) is 0 Å². The fraction of sp³-hybridized carbons (Fsp3) is 0.0500. The number of thiol groups is 1. The van der Waals surface area contributed by atoms with E-state index in [1.165, 1.54) is 0 Å². The van der Waals surface area contributed by atoms with Crippen molar-refractivity contribution in [3.63, 3.8) is 0 Å². The van der Waals surface area contributed by atoms with Gasteiger partial charge >= 0.3 is 0 Å². The molecule has 0 amide bonds. The molecule has 0 spiro atoms. The summed E-state index contributed by atoms with van der Waals surface area (Å²) < 4.78 is 7.29. The molecule has 24 heavy (non-hydrogen) atoms. The summed E-state index contributed by atoms with van der Waals surface area (Å²) in [5.74, 6) is 1.30. The first-order valence-electron chi connectivity index (χ1n) is 7.63. The van der Waals surface area contributed by atoms with Gasteiger partial charge in [-0.15, -0.1) is 0 Å². The van der Waals surface area contributed by atoms with E-state index in [4.69, 9.17) is 4.74 Å². The first-order valence-corrected chi connectivity index (χ1v) is 9.91. The molecule has 0 radical (unpaired) electrons. The Labute approximate surface area is 152 Å². The van der Waals surface area contributed by atoms with Crippen molar-refractivity contribution >= 4 is 38.9 Å². The van der Waals surface area contributed by atoms with Gasteiger partial charge in [0.25, 0.3) is 0 Å². The number of carbonyl (C=O) groups is 1. The maximum Gasteiger partial charge on any atom is 0.144 e. The number of aldehydes is 1. The van der Waals surface area contributed by atoms with E-state index >= 15 is 0 Å². The lowest BCUT2D eigenvalue weighted by atomic mass is 9.94. The molecule has 0 saturated carbocycles. The number of rotatable bonds is 3. The molecule has 0 fully saturated rings. The van der Waals surface area contributed by atoms with Crippen LogP contribution in [0.4, 0.5) is 0 Å². The van der Waals surface area contributed by atoms with Crippen molar-refractivity contribution in [2.75, 3.05) is 0 Å². The fourth-order valence-corrected chi connectivity index (χ4v) is 5.18. The molecule has 1 unspecified atom stereocenters. The van der Waals surface area contributed by atoms with Crippen LogP contribution in [0.15, 0.2) is 80.9 Å². The summed E-state index contributed by atoms with van der Waals surface area (Å²) in [5.41, 5.74) is 1.94. The standard InChI is InChI=1S/C20H15BrO2S/c21-15-9-7-14(8-10-15)19-20(24-11-3-4-12-24)17(13-22)16-5-1-2-6-18(16)23-19/h1-13,17,24H. The number of para-hydroxylation sites is 1. The molecular formula is C20H15BrO2S. The molecule has 120 valence electrons. The van der Waals surface area contributed by atoms with Gasteiger partial charge < -0.3 is 9.53 Å². The third-order valence-corrected chi connectivity index (χ3v) is 6.67. The maximum atomic E-state index is 12.0. The molecule has 0 aliphatic carbocycles. The molecular weight excluding hydrogens is 384 g/mol. The Balaban J connectivity index is 1.93. The molecule has 4 rings (SSSR count). The molecule has 1 atom stereocenters. The van der Waals surface area contributed by atoms with E-state index in [-0.39, 0.29) is 5.92 Å². The van der Waals surface area contributed by atoms with E-state index < -0.39 is 10.9 Å². The third kappa shape index (κ3) is 2.66. The van der Waals surface area contributed by atoms with Crippen LogP contribution in [0.2, 0.25) is 0 Å². The minimum absolute atomic E-state index is 0.271. The van der Waals surface area contributed by atoms with Gasteiger partial charge in [-0.2, -0.15) is 10.9 Å². The Kier molecular flexibility index (Phi) is 4.17. The van der Waals surface area contributed by atoms with Crippen molar-refractivity contribution in [3.8, 4) is 5.75 Å². The highest BCUT2D eigenvalue weighted by Crippen LogP contribution is 2.54. The van der Waals surface area contributed by atoms with E-state index in [2.05, 4.69) is 26.7 Å². The van der Waals surface area contributed by atoms with Crippen LogP contribution in [0.25, 0.3) is 5.76 Å². The van der Waals surface area contributed by atoms with Crippen LogP contribution in [0.1, 0.15) is 17.0 Å². The Hall–Kier alpha value is -2.04. The summed E-state index contributed by atoms with van der Waals surface area (Å²) >= 11 is 3.47. The maximum absolute atomic E-state index is 12.0. The smallest absolute Gasteiger partial charge is 0.144 e. The Morgan fingerprint density at radius 2 is 1.71 bits per heavy atom. The Morgan fingerprint density at radius 3 is 2.42 bits per heavy atom. The molecule has 0 aromatic heterocycles. The average Bonchev–Trinajstić information content (AvgIpc) is 3.15. The van der Waals surface area contributed by atoms with Gasteiger partial charge in [0.15, 0.2) is 0 Å². The predicted molar refractivity (Wildman–Crippen MR) is 104 cm³/mol. The van der Waals surface area contributed by atoms with Gasteiger partial charge in [-0.25, -0.2) is 0 Å². The van der Waals surface area contributed by atoms with Crippen molar-refractivity contribution in [2.45, 2.75) is 5.92 Å². The van der Waals surface area contributed by atoms with E-state index in [0.29, 0.717) is 0 Å². The summed E-state index contributed by atoms with van der Waals surface area (Å²) in [5, 5.41) is 4.33. The summed E-state index contributed by atoms with van der Waals surface area (Å²) in [6.07, 6.45) is 5.12. The monoisotopic (exact) mass is 398 g/mol. The number of hydrogen-bond acceptors (Lipinski definition) is 2. The van der Waals surface area contributed by atoms with Crippen molar-refractivity contribution < 1.29 is 9.53 Å². The first-order chi connectivity index (χ1) is 11.8. The number of benzene rings is 2. The number of fused-ring (bicyclic) bond motifs is 1. The van der Waals surface area contributed by atoms with Crippen LogP contribution in [0.5, 0.6) is 5.75 Å². The quantitative estimate of drug-likeness (QED) is 0.542. The normalized spacial score (nSPS) is 20.0. The van der Waals surface area contributed by atoms with E-state index in [9.17, 15) is 4.79 Å². The largest absolute Gasteiger partial charge is 0.456 e. The second kappa shape index (κ2) is 6.46. The number of halogens is 1. The number of ether oxygens (including phenoxy) is 1. The van der Waals surface area contributed by atoms with Crippen LogP contribution in [-0.4, -0.2) is 6.29 Å². The van der Waals surface area contributed by atoms with E-state index in [0.717, 1.165) is 38.3 Å². The highest BCUT2D eigenvalue weighted by molar-refractivity contribution is 9.10. The molecule has 2 aliphatic rings. The van der Waals surface area contributed by atoms with Crippen molar-refractivity contribution in [1.82, 2.24) is 0 Å². The lowest BCUT2D eigenvalue weighted by molar-refractivity contribution is -0.108. The summed E-state index contributed by atoms with van der Waals surface area (Å²) in [6.45, 7) is 0. The molecule has 2 heterocycles. The average molecular weight is 399 g/mol. The Morgan fingerprint density at radius 1 is 1.00 bits per heavy atom. The topological polar surface area (TPSA) is 26.3 Å². The second-order valence-corrected chi connectivity index (χ2v) is 8.37. The third-order valence-electron chi connectivity index (χ3n) is 4.12. The van der Waals surface area contributed by atoms with Gasteiger partial charge in [-0.1, -0.05) is 58.4 Å². The van der Waals surface area contributed by atoms with Gasteiger partial charge in [0.05, 0.1) is 5.92 Å². The molecule has 2 aromatic carbocycles. The van der Waals surface area contributed by atoms with Gasteiger partial charge in [0.2, 0.25) is 0 Å². The van der Waals surface area contributed by atoms with Crippen LogP contribution in [0.3, 0.4) is 0 Å². The summed E-state index contributed by atoms with van der Waals surface area (Å²) in [7, 11) is -0.653. The highest BCUT2D eigenvalue weighted by Gasteiger charge is 2.32. The molecule has 2 nitrogen and oxygen atoms in total. The SMILES string of the molecule is O=CC1C([SH]2C=CC=C2)=C(c2ccc(Br)cc2)Oc2ccccc21. The molecule has 2 aliphatic heterocycles. The predicted octanol–water partition coefficient (Wildman–Crippen LogP) is 5.54. The zero-order valence-corrected chi connectivity index (χ0v) is 15.2. The lowest BCUT2D eigenvalue weighted by Gasteiger charge is -2.31. The minimum Gasteiger partial charge on any atom is -0.456 e. The zero-order chi connectivity index (χ0) is 16.5. The molecule has 0 bridgehead atoms. The van der Waals surface area contributed by atoms with E-state index in [1.54, 1.807) is 0 Å². The number of hydrogen-bond donors (Lipinski definition) is 1. The van der Waals surface area contributed by atoms with Gasteiger partial charge in [-0.05, 0) is 29.0 Å². The Bertz CT molecular complexity index is 869. The number of allylic oxidation sites excluding steroid dienone is 3. The summed E-state index contributed by atoms with van der Waals surface area (Å²) in [4.78, 5) is 13.0. The fourth-order valence-electron chi connectivity index (χ4n) is 3.00. The molecule has 4 heteroatoms. The first kappa shape index (κ1) is 15.5. The lowest BCUT2D eigenvalue weighted by Crippen LogP contribution is -2.15. The van der Waals surface area contributed by atoms with Crippen LogP contribution in [-0.2, 0) is 4.79 Å². The van der Waals surface area contributed by atoms with Crippen molar-refractivity contribution in [1.29, 1.82) is 0 Å². The zero-order valence-electron chi connectivity index (χ0n) is 12.7. The van der Waals surface area contributed by atoms with Crippen LogP contribution >= 0.6 is 26.8 Å². The highest BCUT2D eigenvalue weighted by atomic mass is 79.9. The van der Waals surface area contributed by atoms with Crippen molar-refractivity contribution in [2.24, 2.45) is 0 Å². The van der Waals surface area contributed by atoms with Crippen LogP contribution in [0, 0.1) is 0 Å². The number of carbonyl (C=O) groups excluding carboxylic acids is 1.